The first-order valence-corrected chi connectivity index (χ1v) is 7.78. The number of thioether (sulfide) groups is 1. The fourth-order valence-electron chi connectivity index (χ4n) is 2.47. The number of fused-ring (bicyclic) bond motifs is 1. The highest BCUT2D eigenvalue weighted by Crippen LogP contribution is 2.28. The van der Waals surface area contributed by atoms with E-state index in [1.807, 2.05) is 17.1 Å². The van der Waals surface area contributed by atoms with Crippen LogP contribution in [0.15, 0.2) is 11.4 Å². The molecule has 0 saturated carbocycles. The third-order valence-corrected chi connectivity index (χ3v) is 3.93. The molecule has 0 radical (unpaired) electrons. The Morgan fingerprint density at radius 1 is 1.30 bits per heavy atom. The minimum atomic E-state index is 0. The molecule has 1 saturated heterocycles. The van der Waals surface area contributed by atoms with Crippen molar-refractivity contribution in [3.05, 3.63) is 6.20 Å². The molecule has 110 valence electrons. The van der Waals surface area contributed by atoms with Gasteiger partial charge < -0.3 is 10.6 Å². The minimum absolute atomic E-state index is 0. The van der Waals surface area contributed by atoms with Crippen LogP contribution in [0, 0.1) is 0 Å². The van der Waals surface area contributed by atoms with Crippen LogP contribution in [0.25, 0.3) is 11.0 Å². The average molecular weight is 315 g/mol. The van der Waals surface area contributed by atoms with Gasteiger partial charge in [0, 0.05) is 19.6 Å². The van der Waals surface area contributed by atoms with Crippen LogP contribution in [0.5, 0.6) is 0 Å². The van der Waals surface area contributed by atoms with Gasteiger partial charge in [0.2, 0.25) is 0 Å². The molecule has 8 heteroatoms. The normalized spacial score (nSPS) is 14.8. The molecule has 0 aromatic carbocycles. The van der Waals surface area contributed by atoms with Gasteiger partial charge in [-0.05, 0) is 19.1 Å². The van der Waals surface area contributed by atoms with E-state index in [1.165, 1.54) is 12.8 Å². The van der Waals surface area contributed by atoms with E-state index in [2.05, 4.69) is 20.0 Å². The lowest BCUT2D eigenvalue weighted by Gasteiger charge is -2.17. The topological polar surface area (TPSA) is 72.9 Å². The molecule has 2 N–H and O–H groups in total. The average Bonchev–Trinajstić information content (AvgIpc) is 3.08. The van der Waals surface area contributed by atoms with E-state index in [0.29, 0.717) is 13.1 Å². The summed E-state index contributed by atoms with van der Waals surface area (Å²) in [5.74, 6) is 1.02. The molecular formula is C12H19ClN6S. The summed E-state index contributed by atoms with van der Waals surface area (Å²) in [5, 5.41) is 6.23. The van der Waals surface area contributed by atoms with Crippen molar-refractivity contribution in [2.75, 3.05) is 30.8 Å². The highest BCUT2D eigenvalue weighted by molar-refractivity contribution is 7.98. The molecule has 20 heavy (non-hydrogen) atoms. The summed E-state index contributed by atoms with van der Waals surface area (Å²) in [5.41, 5.74) is 6.52. The maximum absolute atomic E-state index is 5.62. The van der Waals surface area contributed by atoms with Crippen molar-refractivity contribution in [1.82, 2.24) is 19.7 Å². The molecule has 0 atom stereocenters. The Labute approximate surface area is 128 Å². The van der Waals surface area contributed by atoms with Crippen LogP contribution in [0.3, 0.4) is 0 Å². The monoisotopic (exact) mass is 314 g/mol. The van der Waals surface area contributed by atoms with Gasteiger partial charge in [0.25, 0.3) is 0 Å². The third kappa shape index (κ3) is 2.70. The first-order valence-electron chi connectivity index (χ1n) is 6.56. The predicted octanol–water partition coefficient (Wildman–Crippen LogP) is 1.53. The smallest absolute Gasteiger partial charge is 0.191 e. The summed E-state index contributed by atoms with van der Waals surface area (Å²) in [6, 6.07) is 0. The largest absolute Gasteiger partial charge is 0.356 e. The van der Waals surface area contributed by atoms with Crippen molar-refractivity contribution >= 4 is 41.0 Å². The van der Waals surface area contributed by atoms with E-state index in [-0.39, 0.29) is 12.4 Å². The number of anilines is 1. The number of hydrogen-bond donors (Lipinski definition) is 1. The molecule has 1 aliphatic heterocycles. The quantitative estimate of drug-likeness (QED) is 0.681. The lowest BCUT2D eigenvalue weighted by atomic mass is 10.3. The van der Waals surface area contributed by atoms with Crippen LogP contribution in [-0.2, 0) is 6.54 Å². The third-order valence-electron chi connectivity index (χ3n) is 3.38. The molecule has 0 unspecified atom stereocenters. The standard InChI is InChI=1S/C12H18N6S.ClH/c1-19-12-15-10(17-5-2-3-6-17)9-8-14-18(7-4-13)11(9)16-12;/h8H,2-7,13H2,1H3;1H. The Bertz CT molecular complexity index is 581. The first kappa shape index (κ1) is 15.3. The van der Waals surface area contributed by atoms with Crippen molar-refractivity contribution in [3.63, 3.8) is 0 Å². The molecule has 0 bridgehead atoms. The van der Waals surface area contributed by atoms with E-state index in [1.54, 1.807) is 11.8 Å². The summed E-state index contributed by atoms with van der Waals surface area (Å²) in [6.07, 6.45) is 6.33. The van der Waals surface area contributed by atoms with E-state index < -0.39 is 0 Å². The fraction of sp³-hybridized carbons (Fsp3) is 0.583. The Morgan fingerprint density at radius 3 is 2.70 bits per heavy atom. The Hall–Kier alpha value is -1.05. The van der Waals surface area contributed by atoms with Gasteiger partial charge in [-0.25, -0.2) is 14.6 Å². The molecule has 6 nitrogen and oxygen atoms in total. The van der Waals surface area contributed by atoms with Gasteiger partial charge in [-0.1, -0.05) is 11.8 Å². The summed E-state index contributed by atoms with van der Waals surface area (Å²) in [7, 11) is 0. The van der Waals surface area contributed by atoms with E-state index in [0.717, 1.165) is 35.1 Å². The van der Waals surface area contributed by atoms with Crippen molar-refractivity contribution in [2.24, 2.45) is 5.73 Å². The fourth-order valence-corrected chi connectivity index (χ4v) is 2.82. The zero-order valence-corrected chi connectivity index (χ0v) is 13.1. The Morgan fingerprint density at radius 2 is 2.05 bits per heavy atom. The van der Waals surface area contributed by atoms with Crippen LogP contribution < -0.4 is 10.6 Å². The SMILES string of the molecule is CSc1nc(N2CCCC2)c2cnn(CCN)c2n1.Cl. The molecular weight excluding hydrogens is 296 g/mol. The molecule has 3 heterocycles. The number of halogens is 1. The molecule has 0 amide bonds. The summed E-state index contributed by atoms with van der Waals surface area (Å²) in [6.45, 7) is 3.40. The Balaban J connectivity index is 0.00000147. The maximum atomic E-state index is 5.62. The summed E-state index contributed by atoms with van der Waals surface area (Å²) < 4.78 is 1.87. The predicted molar refractivity (Wildman–Crippen MR) is 84.9 cm³/mol. The summed E-state index contributed by atoms with van der Waals surface area (Å²) in [4.78, 5) is 11.6. The molecule has 1 aliphatic rings. The van der Waals surface area contributed by atoms with Crippen LogP contribution in [-0.4, -0.2) is 45.6 Å². The first-order chi connectivity index (χ1) is 9.33. The number of hydrogen-bond acceptors (Lipinski definition) is 6. The van der Waals surface area contributed by atoms with Crippen LogP contribution in [0.4, 0.5) is 5.82 Å². The second-order valence-electron chi connectivity index (χ2n) is 4.62. The highest BCUT2D eigenvalue weighted by atomic mass is 35.5. The zero-order valence-electron chi connectivity index (χ0n) is 11.4. The second kappa shape index (κ2) is 6.60. The van der Waals surface area contributed by atoms with Gasteiger partial charge in [-0.3, -0.25) is 0 Å². The van der Waals surface area contributed by atoms with Crippen molar-refractivity contribution in [1.29, 1.82) is 0 Å². The molecule has 0 aliphatic carbocycles. The number of rotatable bonds is 4. The van der Waals surface area contributed by atoms with Crippen LogP contribution in [0.1, 0.15) is 12.8 Å². The zero-order chi connectivity index (χ0) is 13.2. The van der Waals surface area contributed by atoms with Crippen molar-refractivity contribution in [3.8, 4) is 0 Å². The van der Waals surface area contributed by atoms with Gasteiger partial charge in [0.05, 0.1) is 18.1 Å². The van der Waals surface area contributed by atoms with Gasteiger partial charge >= 0.3 is 0 Å². The van der Waals surface area contributed by atoms with Gasteiger partial charge in [0.15, 0.2) is 10.8 Å². The number of nitrogens with zero attached hydrogens (tertiary/aromatic N) is 5. The molecule has 2 aromatic rings. The molecule has 3 rings (SSSR count). The lowest BCUT2D eigenvalue weighted by molar-refractivity contribution is 0.637. The molecule has 1 fully saturated rings. The highest BCUT2D eigenvalue weighted by Gasteiger charge is 2.20. The van der Waals surface area contributed by atoms with Crippen LogP contribution in [0.2, 0.25) is 0 Å². The van der Waals surface area contributed by atoms with E-state index in [4.69, 9.17) is 5.73 Å². The van der Waals surface area contributed by atoms with E-state index in [9.17, 15) is 0 Å². The molecule has 2 aromatic heterocycles. The maximum Gasteiger partial charge on any atom is 0.191 e. The molecule has 0 spiro atoms. The van der Waals surface area contributed by atoms with Crippen molar-refractivity contribution < 1.29 is 0 Å². The number of nitrogens with two attached hydrogens (primary N) is 1. The summed E-state index contributed by atoms with van der Waals surface area (Å²) >= 11 is 1.57. The number of aromatic nitrogens is 4. The van der Waals surface area contributed by atoms with Gasteiger partial charge in [0.1, 0.15) is 5.82 Å². The lowest BCUT2D eigenvalue weighted by Crippen LogP contribution is -2.20. The van der Waals surface area contributed by atoms with Gasteiger partial charge in [-0.15, -0.1) is 12.4 Å². The Kier molecular flexibility index (Phi) is 5.06. The minimum Gasteiger partial charge on any atom is -0.356 e. The second-order valence-corrected chi connectivity index (χ2v) is 5.40. The van der Waals surface area contributed by atoms with Gasteiger partial charge in [-0.2, -0.15) is 5.10 Å². The van der Waals surface area contributed by atoms with Crippen molar-refractivity contribution in [2.45, 2.75) is 24.5 Å². The van der Waals surface area contributed by atoms with Crippen LogP contribution >= 0.6 is 24.2 Å². The van der Waals surface area contributed by atoms with E-state index >= 15 is 0 Å².